The van der Waals surface area contributed by atoms with Crippen LogP contribution in [0.3, 0.4) is 0 Å². The fraction of sp³-hybridized carbons (Fsp3) is 0.571. The fourth-order valence-electron chi connectivity index (χ4n) is 3.20. The third-order valence-corrected chi connectivity index (χ3v) is 4.89. The molecule has 7 heteroatoms. The molecular formula is C21H30N4O3. The number of hydrogen-bond donors (Lipinski definition) is 0. The van der Waals surface area contributed by atoms with Gasteiger partial charge in [-0.15, -0.1) is 0 Å². The van der Waals surface area contributed by atoms with Crippen LogP contribution in [0.15, 0.2) is 28.8 Å². The lowest BCUT2D eigenvalue weighted by Crippen LogP contribution is -2.38. The molecule has 28 heavy (non-hydrogen) atoms. The van der Waals surface area contributed by atoms with E-state index in [0.717, 1.165) is 37.2 Å². The minimum Gasteiger partial charge on any atom is -0.493 e. The lowest BCUT2D eigenvalue weighted by Gasteiger charge is -2.30. The molecule has 1 aliphatic rings. The van der Waals surface area contributed by atoms with Crippen molar-refractivity contribution in [1.29, 1.82) is 0 Å². The van der Waals surface area contributed by atoms with E-state index in [9.17, 15) is 4.79 Å². The van der Waals surface area contributed by atoms with Crippen molar-refractivity contribution in [3.63, 3.8) is 0 Å². The summed E-state index contributed by atoms with van der Waals surface area (Å²) in [6.07, 6.45) is 2.12. The summed E-state index contributed by atoms with van der Waals surface area (Å²) >= 11 is 0. The second-order valence-corrected chi connectivity index (χ2v) is 8.01. The summed E-state index contributed by atoms with van der Waals surface area (Å²) in [4.78, 5) is 20.8. The molecule has 0 aliphatic carbocycles. The van der Waals surface area contributed by atoms with Gasteiger partial charge in [0.25, 0.3) is 5.95 Å². The highest BCUT2D eigenvalue weighted by molar-refractivity contribution is 5.78. The largest absolute Gasteiger partial charge is 0.493 e. The van der Waals surface area contributed by atoms with E-state index in [0.29, 0.717) is 30.8 Å². The Morgan fingerprint density at radius 1 is 1.25 bits per heavy atom. The molecule has 3 rings (SSSR count). The lowest BCUT2D eigenvalue weighted by atomic mass is 9.96. The molecular weight excluding hydrogens is 356 g/mol. The number of likely N-dealkylation sites (tertiary alicyclic amines) is 1. The smallest absolute Gasteiger partial charge is 0.265 e. The van der Waals surface area contributed by atoms with Gasteiger partial charge in [0, 0.05) is 33.1 Å². The first kappa shape index (κ1) is 20.2. The maximum absolute atomic E-state index is 12.6. The monoisotopic (exact) mass is 386 g/mol. The molecule has 2 aromatic rings. The quantitative estimate of drug-likeness (QED) is 0.728. The minimum atomic E-state index is 0.161. The number of benzene rings is 1. The standard InChI is InChI=1S/C21H30N4O3/c1-15(2)14-27-18-7-5-16(6-8-18)13-19(26)25-11-9-17(10-12-25)20-22-21(23-28-20)24(3)4/h5-8,15,17H,9-14H2,1-4H3. The van der Waals surface area contributed by atoms with Crippen molar-refractivity contribution in [3.8, 4) is 5.75 Å². The molecule has 1 amide bonds. The normalized spacial score (nSPS) is 15.1. The summed E-state index contributed by atoms with van der Waals surface area (Å²) in [7, 11) is 3.78. The zero-order chi connectivity index (χ0) is 20.1. The Morgan fingerprint density at radius 2 is 1.93 bits per heavy atom. The van der Waals surface area contributed by atoms with E-state index in [4.69, 9.17) is 9.26 Å². The second-order valence-electron chi connectivity index (χ2n) is 8.01. The van der Waals surface area contributed by atoms with E-state index in [1.54, 1.807) is 0 Å². The molecule has 1 aromatic heterocycles. The maximum atomic E-state index is 12.6. The molecule has 0 radical (unpaired) electrons. The Balaban J connectivity index is 1.48. The topological polar surface area (TPSA) is 71.7 Å². The molecule has 0 unspecified atom stereocenters. The van der Waals surface area contributed by atoms with Gasteiger partial charge in [-0.25, -0.2) is 0 Å². The molecule has 1 aromatic carbocycles. The predicted octanol–water partition coefficient (Wildman–Crippen LogP) is 3.12. The van der Waals surface area contributed by atoms with Crippen LogP contribution in [0.2, 0.25) is 0 Å². The Morgan fingerprint density at radius 3 is 2.50 bits per heavy atom. The van der Waals surface area contributed by atoms with E-state index in [1.807, 2.05) is 48.2 Å². The van der Waals surface area contributed by atoms with E-state index < -0.39 is 0 Å². The van der Waals surface area contributed by atoms with Crippen molar-refractivity contribution < 1.29 is 14.1 Å². The number of aromatic nitrogens is 2. The highest BCUT2D eigenvalue weighted by Crippen LogP contribution is 2.28. The van der Waals surface area contributed by atoms with Gasteiger partial charge in [-0.2, -0.15) is 4.98 Å². The molecule has 0 atom stereocenters. The van der Waals surface area contributed by atoms with E-state index in [-0.39, 0.29) is 11.8 Å². The van der Waals surface area contributed by atoms with Gasteiger partial charge < -0.3 is 19.1 Å². The minimum absolute atomic E-state index is 0.161. The number of carbonyl (C=O) groups is 1. The molecule has 0 N–H and O–H groups in total. The highest BCUT2D eigenvalue weighted by Gasteiger charge is 2.27. The number of ether oxygens (including phenoxy) is 1. The molecule has 0 saturated carbocycles. The molecule has 1 aliphatic heterocycles. The first-order valence-corrected chi connectivity index (χ1v) is 9.93. The third kappa shape index (κ3) is 5.24. The van der Waals surface area contributed by atoms with Gasteiger partial charge >= 0.3 is 0 Å². The van der Waals surface area contributed by atoms with Crippen molar-refractivity contribution in [1.82, 2.24) is 15.0 Å². The van der Waals surface area contributed by atoms with Crippen LogP contribution >= 0.6 is 0 Å². The van der Waals surface area contributed by atoms with Gasteiger partial charge in [0.2, 0.25) is 11.8 Å². The van der Waals surface area contributed by atoms with Crippen LogP contribution in [-0.2, 0) is 11.2 Å². The van der Waals surface area contributed by atoms with Crippen molar-refractivity contribution in [3.05, 3.63) is 35.7 Å². The van der Waals surface area contributed by atoms with Gasteiger partial charge in [0.05, 0.1) is 13.0 Å². The van der Waals surface area contributed by atoms with Crippen LogP contribution in [-0.4, -0.2) is 54.7 Å². The summed E-state index contributed by atoms with van der Waals surface area (Å²) in [6.45, 7) is 6.38. The molecule has 152 valence electrons. The predicted molar refractivity (Wildman–Crippen MR) is 108 cm³/mol. The average molecular weight is 386 g/mol. The number of nitrogens with zero attached hydrogens (tertiary/aromatic N) is 4. The Bertz CT molecular complexity index is 762. The Labute approximate surface area is 166 Å². The van der Waals surface area contributed by atoms with Crippen LogP contribution in [0.5, 0.6) is 5.75 Å². The maximum Gasteiger partial charge on any atom is 0.265 e. The van der Waals surface area contributed by atoms with E-state index in [2.05, 4.69) is 24.0 Å². The van der Waals surface area contributed by atoms with Crippen molar-refractivity contribution >= 4 is 11.9 Å². The van der Waals surface area contributed by atoms with Gasteiger partial charge in [-0.3, -0.25) is 4.79 Å². The zero-order valence-corrected chi connectivity index (χ0v) is 17.2. The summed E-state index contributed by atoms with van der Waals surface area (Å²) in [6, 6.07) is 7.83. The molecule has 0 spiro atoms. The first-order chi connectivity index (χ1) is 13.4. The number of anilines is 1. The zero-order valence-electron chi connectivity index (χ0n) is 17.2. The highest BCUT2D eigenvalue weighted by atomic mass is 16.5. The number of hydrogen-bond acceptors (Lipinski definition) is 6. The van der Waals surface area contributed by atoms with Crippen LogP contribution in [0.25, 0.3) is 0 Å². The third-order valence-electron chi connectivity index (χ3n) is 4.89. The first-order valence-electron chi connectivity index (χ1n) is 9.93. The van der Waals surface area contributed by atoms with Crippen LogP contribution in [0, 0.1) is 5.92 Å². The SMILES string of the molecule is CC(C)COc1ccc(CC(=O)N2CCC(c3nc(N(C)C)no3)CC2)cc1. The van der Waals surface area contributed by atoms with Gasteiger partial charge in [-0.1, -0.05) is 26.0 Å². The fourth-order valence-corrected chi connectivity index (χ4v) is 3.20. The number of piperidine rings is 1. The van der Waals surface area contributed by atoms with Crippen LogP contribution in [0.4, 0.5) is 5.95 Å². The van der Waals surface area contributed by atoms with Gasteiger partial charge in [0.1, 0.15) is 5.75 Å². The Kier molecular flexibility index (Phi) is 6.54. The molecule has 1 fully saturated rings. The average Bonchev–Trinajstić information content (AvgIpc) is 3.18. The van der Waals surface area contributed by atoms with E-state index >= 15 is 0 Å². The number of rotatable bonds is 7. The number of carbonyl (C=O) groups excluding carboxylic acids is 1. The van der Waals surface area contributed by atoms with Gasteiger partial charge in [0.15, 0.2) is 0 Å². The second kappa shape index (κ2) is 9.08. The lowest BCUT2D eigenvalue weighted by molar-refractivity contribution is -0.131. The summed E-state index contributed by atoms with van der Waals surface area (Å²) in [5, 5.41) is 3.98. The molecule has 1 saturated heterocycles. The van der Waals surface area contributed by atoms with Crippen LogP contribution in [0.1, 0.15) is 44.1 Å². The van der Waals surface area contributed by atoms with Crippen molar-refractivity contribution in [2.75, 3.05) is 38.7 Å². The summed E-state index contributed by atoms with van der Waals surface area (Å²) < 4.78 is 11.1. The number of amides is 1. The van der Waals surface area contributed by atoms with E-state index in [1.165, 1.54) is 0 Å². The van der Waals surface area contributed by atoms with Gasteiger partial charge in [-0.05, 0) is 41.6 Å². The molecule has 0 bridgehead atoms. The summed E-state index contributed by atoms with van der Waals surface area (Å²) in [5.74, 6) is 2.99. The van der Waals surface area contributed by atoms with Crippen molar-refractivity contribution in [2.24, 2.45) is 5.92 Å². The molecule has 2 heterocycles. The van der Waals surface area contributed by atoms with Crippen LogP contribution < -0.4 is 9.64 Å². The van der Waals surface area contributed by atoms with Crippen molar-refractivity contribution in [2.45, 2.75) is 39.0 Å². The Hall–Kier alpha value is -2.57. The summed E-state index contributed by atoms with van der Waals surface area (Å²) in [5.41, 5.74) is 1.01. The molecule has 7 nitrogen and oxygen atoms in total.